The Hall–Kier alpha value is -2.23. The van der Waals surface area contributed by atoms with E-state index in [0.717, 1.165) is 77.2 Å². The van der Waals surface area contributed by atoms with Gasteiger partial charge in [0.05, 0.1) is 0 Å². The van der Waals surface area contributed by atoms with Crippen molar-refractivity contribution in [1.82, 2.24) is 0 Å². The van der Waals surface area contributed by atoms with Crippen LogP contribution >= 0.6 is 0 Å². The Bertz CT molecular complexity index is 1110. The number of carbonyl (C=O) groups is 1. The van der Waals surface area contributed by atoms with Gasteiger partial charge in [-0.15, -0.1) is 0 Å². The number of benzene rings is 1. The van der Waals surface area contributed by atoms with Crippen molar-refractivity contribution in [3.8, 4) is 11.5 Å². The molecule has 0 bridgehead atoms. The van der Waals surface area contributed by atoms with Gasteiger partial charge in [-0.3, -0.25) is 4.79 Å². The molecule has 1 aromatic rings. The Kier molecular flexibility index (Phi) is 4.49. The van der Waals surface area contributed by atoms with Gasteiger partial charge in [-0.2, -0.15) is 0 Å². The van der Waals surface area contributed by atoms with Crippen molar-refractivity contribution in [2.24, 2.45) is 0 Å². The second-order valence-corrected chi connectivity index (χ2v) is 11.4. The molecule has 1 atom stereocenters. The van der Waals surface area contributed by atoms with Gasteiger partial charge in [-0.25, -0.2) is 0 Å². The van der Waals surface area contributed by atoms with Crippen LogP contribution in [0.4, 0.5) is 0 Å². The van der Waals surface area contributed by atoms with E-state index in [0.29, 0.717) is 6.42 Å². The molecule has 0 aromatic heterocycles. The summed E-state index contributed by atoms with van der Waals surface area (Å²) in [7, 11) is 0. The summed E-state index contributed by atoms with van der Waals surface area (Å²) in [6.07, 6.45) is 5.16. The van der Waals surface area contributed by atoms with Crippen LogP contribution in [0.15, 0.2) is 22.5 Å². The van der Waals surface area contributed by atoms with Gasteiger partial charge in [0.25, 0.3) is 0 Å². The summed E-state index contributed by atoms with van der Waals surface area (Å²) in [5.41, 5.74) is 6.18. The number of ketones is 1. The van der Waals surface area contributed by atoms with Crippen LogP contribution in [-0.2, 0) is 22.4 Å². The zero-order valence-corrected chi connectivity index (χ0v) is 20.9. The minimum absolute atomic E-state index is 0.106. The number of hydrogen-bond donors (Lipinski definition) is 0. The number of carbonyl (C=O) groups excluding carboxylic acids is 1. The number of allylic oxidation sites excluding steroid dienone is 1. The van der Waals surface area contributed by atoms with Crippen molar-refractivity contribution >= 4 is 5.78 Å². The predicted molar refractivity (Wildman–Crippen MR) is 125 cm³/mol. The maximum absolute atomic E-state index is 13.8. The van der Waals surface area contributed by atoms with E-state index in [2.05, 4.69) is 41.5 Å². The van der Waals surface area contributed by atoms with Gasteiger partial charge < -0.3 is 14.2 Å². The lowest BCUT2D eigenvalue weighted by atomic mass is 9.70. The summed E-state index contributed by atoms with van der Waals surface area (Å²) in [5, 5.41) is 0. The number of ether oxygens (including phenoxy) is 3. The average Bonchev–Trinajstić information content (AvgIpc) is 2.73. The second kappa shape index (κ2) is 6.65. The smallest absolute Gasteiger partial charge is 0.206 e. The molecule has 5 rings (SSSR count). The van der Waals surface area contributed by atoms with Gasteiger partial charge in [-0.05, 0) is 104 Å². The molecule has 1 unspecified atom stereocenters. The van der Waals surface area contributed by atoms with Crippen LogP contribution in [0.1, 0.15) is 89.5 Å². The van der Waals surface area contributed by atoms with Crippen LogP contribution in [0.25, 0.3) is 0 Å². The minimum atomic E-state index is -0.942. The lowest BCUT2D eigenvalue weighted by Gasteiger charge is -2.48. The third kappa shape index (κ3) is 2.90. The fourth-order valence-electron chi connectivity index (χ4n) is 5.92. The van der Waals surface area contributed by atoms with Crippen LogP contribution in [0.5, 0.6) is 11.5 Å². The third-order valence-electron chi connectivity index (χ3n) is 8.24. The van der Waals surface area contributed by atoms with Gasteiger partial charge in [-0.1, -0.05) is 0 Å². The molecule has 1 aromatic carbocycles. The third-order valence-corrected chi connectivity index (χ3v) is 8.24. The van der Waals surface area contributed by atoms with Gasteiger partial charge in [0.2, 0.25) is 5.78 Å². The quantitative estimate of drug-likeness (QED) is 0.483. The molecule has 0 radical (unpaired) electrons. The highest BCUT2D eigenvalue weighted by Gasteiger charge is 2.54. The SMILES string of the molecule is CC1=C(C)C2=C(CCC(C)(C)O2)C2(CCc3c4c(c(C)c(C)c3O2)OC(C)(C)CC4)C1=O. The first-order valence-electron chi connectivity index (χ1n) is 12.1. The molecule has 1 aliphatic carbocycles. The van der Waals surface area contributed by atoms with Gasteiger partial charge in [0, 0.05) is 28.7 Å². The first kappa shape index (κ1) is 21.6. The molecule has 0 saturated carbocycles. The molecule has 3 heterocycles. The topological polar surface area (TPSA) is 44.8 Å². The normalized spacial score (nSPS) is 27.8. The van der Waals surface area contributed by atoms with Crippen LogP contribution < -0.4 is 9.47 Å². The zero-order chi connectivity index (χ0) is 23.2. The van der Waals surface area contributed by atoms with E-state index in [1.54, 1.807) is 0 Å². The number of rotatable bonds is 0. The van der Waals surface area contributed by atoms with Crippen molar-refractivity contribution in [1.29, 1.82) is 0 Å². The molecule has 4 nitrogen and oxygen atoms in total. The van der Waals surface area contributed by atoms with E-state index in [-0.39, 0.29) is 17.0 Å². The Morgan fingerprint density at radius 2 is 1.19 bits per heavy atom. The molecule has 3 aliphatic heterocycles. The van der Waals surface area contributed by atoms with Crippen LogP contribution in [0, 0.1) is 13.8 Å². The second-order valence-electron chi connectivity index (χ2n) is 11.4. The van der Waals surface area contributed by atoms with Crippen molar-refractivity contribution in [2.75, 3.05) is 0 Å². The highest BCUT2D eigenvalue weighted by molar-refractivity contribution is 6.07. The Labute approximate surface area is 192 Å². The van der Waals surface area contributed by atoms with E-state index in [9.17, 15) is 4.79 Å². The van der Waals surface area contributed by atoms with Crippen molar-refractivity contribution in [2.45, 2.75) is 111 Å². The first-order chi connectivity index (χ1) is 14.9. The summed E-state index contributed by atoms with van der Waals surface area (Å²) in [5.74, 6) is 2.92. The van der Waals surface area contributed by atoms with Crippen molar-refractivity contribution in [3.63, 3.8) is 0 Å². The monoisotopic (exact) mass is 436 g/mol. The van der Waals surface area contributed by atoms with Crippen LogP contribution in [0.3, 0.4) is 0 Å². The van der Waals surface area contributed by atoms with Gasteiger partial charge >= 0.3 is 0 Å². The molecule has 4 heteroatoms. The summed E-state index contributed by atoms with van der Waals surface area (Å²) in [6, 6.07) is 0. The molecule has 0 amide bonds. The molecule has 0 fully saturated rings. The van der Waals surface area contributed by atoms with Crippen LogP contribution in [-0.4, -0.2) is 22.6 Å². The zero-order valence-electron chi connectivity index (χ0n) is 20.9. The summed E-state index contributed by atoms with van der Waals surface area (Å²) in [6.45, 7) is 16.7. The first-order valence-corrected chi connectivity index (χ1v) is 12.1. The maximum atomic E-state index is 13.8. The molecule has 0 N–H and O–H groups in total. The van der Waals surface area contributed by atoms with Gasteiger partial charge in [0.1, 0.15) is 28.5 Å². The number of hydrogen-bond acceptors (Lipinski definition) is 4. The number of Topliss-reactive ketones (excluding diaryl/α,β-unsaturated/α-hetero) is 1. The average molecular weight is 437 g/mol. The van der Waals surface area contributed by atoms with E-state index in [1.165, 1.54) is 11.1 Å². The fraction of sp³-hybridized carbons (Fsp3) is 0.607. The van der Waals surface area contributed by atoms with Crippen molar-refractivity contribution < 1.29 is 19.0 Å². The van der Waals surface area contributed by atoms with E-state index < -0.39 is 5.60 Å². The lowest BCUT2D eigenvalue weighted by molar-refractivity contribution is -0.131. The summed E-state index contributed by atoms with van der Waals surface area (Å²) in [4.78, 5) is 13.8. The fourth-order valence-corrected chi connectivity index (χ4v) is 5.92. The molecule has 1 spiro atoms. The van der Waals surface area contributed by atoms with E-state index in [4.69, 9.17) is 14.2 Å². The van der Waals surface area contributed by atoms with Crippen LogP contribution in [0.2, 0.25) is 0 Å². The van der Waals surface area contributed by atoms with E-state index >= 15 is 0 Å². The van der Waals surface area contributed by atoms with E-state index in [1.807, 2.05) is 13.8 Å². The Morgan fingerprint density at radius 3 is 1.84 bits per heavy atom. The maximum Gasteiger partial charge on any atom is 0.206 e. The summed E-state index contributed by atoms with van der Waals surface area (Å²) < 4.78 is 19.8. The highest BCUT2D eigenvalue weighted by Crippen LogP contribution is 2.53. The lowest BCUT2D eigenvalue weighted by Crippen LogP contribution is -2.54. The minimum Gasteiger partial charge on any atom is -0.487 e. The molecule has 4 aliphatic rings. The molecular formula is C28H36O4. The Balaban J connectivity index is 1.66. The largest absolute Gasteiger partial charge is 0.487 e. The molecule has 172 valence electrons. The highest BCUT2D eigenvalue weighted by atomic mass is 16.5. The molecule has 0 saturated heterocycles. The summed E-state index contributed by atoms with van der Waals surface area (Å²) >= 11 is 0. The molecule has 32 heavy (non-hydrogen) atoms. The number of fused-ring (bicyclic) bond motifs is 4. The van der Waals surface area contributed by atoms with Crippen molar-refractivity contribution in [3.05, 3.63) is 44.7 Å². The predicted octanol–water partition coefficient (Wildman–Crippen LogP) is 6.23. The standard InChI is InChI=1S/C28H36O4/c1-15-16(2)23-20(19-9-12-26(5,6)30-22(15)19)10-14-28(32-23)21-11-13-27(7,8)31-24(21)17(3)18(4)25(28)29/h9-14H2,1-8H3. The Morgan fingerprint density at radius 1 is 0.656 bits per heavy atom. The van der Waals surface area contributed by atoms with Gasteiger partial charge in [0.15, 0.2) is 5.60 Å². The molecular weight excluding hydrogens is 400 g/mol.